The van der Waals surface area contributed by atoms with Crippen LogP contribution in [0.25, 0.3) is 0 Å². The number of hydrogen-bond acceptors (Lipinski definition) is 4. The first kappa shape index (κ1) is 11.3. The molecular formula is C9H19N3O2. The fourth-order valence-corrected chi connectivity index (χ4v) is 1.69. The molecule has 1 saturated heterocycles. The van der Waals surface area contributed by atoms with E-state index in [0.717, 1.165) is 25.9 Å². The van der Waals surface area contributed by atoms with Crippen LogP contribution in [0.2, 0.25) is 0 Å². The van der Waals surface area contributed by atoms with Crippen molar-refractivity contribution in [1.82, 2.24) is 10.2 Å². The Bertz CT molecular complexity index is 200. The first-order chi connectivity index (χ1) is 6.62. The third-order valence-electron chi connectivity index (χ3n) is 2.89. The molecule has 0 bridgehead atoms. The fourth-order valence-electron chi connectivity index (χ4n) is 1.69. The monoisotopic (exact) mass is 201 g/mol. The van der Waals surface area contributed by atoms with Gasteiger partial charge in [-0.1, -0.05) is 0 Å². The highest BCUT2D eigenvalue weighted by atomic mass is 16.5. The van der Waals surface area contributed by atoms with Crippen LogP contribution >= 0.6 is 0 Å². The molecule has 82 valence electrons. The predicted octanol–water partition coefficient (Wildman–Crippen LogP) is -0.234. The normalized spacial score (nSPS) is 21.6. The standard InChI is InChI=1S/C9H19N3O2/c1-12-5-3-9(7-10,4-6-12)11-8(13)14-2/h3-7,10H2,1-2H3,(H,11,13). The van der Waals surface area contributed by atoms with Gasteiger partial charge in [0.05, 0.1) is 12.6 Å². The molecule has 0 atom stereocenters. The largest absolute Gasteiger partial charge is 0.453 e. The van der Waals surface area contributed by atoms with Crippen molar-refractivity contribution in [2.24, 2.45) is 5.73 Å². The van der Waals surface area contributed by atoms with Gasteiger partial charge in [0.15, 0.2) is 0 Å². The number of ether oxygens (including phenoxy) is 1. The average Bonchev–Trinajstić information content (AvgIpc) is 2.22. The lowest BCUT2D eigenvalue weighted by Crippen LogP contribution is -2.58. The van der Waals surface area contributed by atoms with E-state index in [2.05, 4.69) is 22.0 Å². The van der Waals surface area contributed by atoms with Crippen molar-refractivity contribution in [1.29, 1.82) is 0 Å². The second-order valence-electron chi connectivity index (χ2n) is 3.90. The minimum atomic E-state index is -0.389. The van der Waals surface area contributed by atoms with Crippen LogP contribution in [0, 0.1) is 0 Å². The smallest absolute Gasteiger partial charge is 0.407 e. The van der Waals surface area contributed by atoms with Gasteiger partial charge in [-0.3, -0.25) is 0 Å². The molecule has 3 N–H and O–H groups in total. The van der Waals surface area contributed by atoms with Crippen LogP contribution in [-0.2, 0) is 4.74 Å². The minimum absolute atomic E-state index is 0.264. The van der Waals surface area contributed by atoms with Gasteiger partial charge in [-0.05, 0) is 19.9 Å². The molecule has 0 saturated carbocycles. The summed E-state index contributed by atoms with van der Waals surface area (Å²) in [5, 5.41) is 2.84. The van der Waals surface area contributed by atoms with E-state index >= 15 is 0 Å². The molecule has 5 nitrogen and oxygen atoms in total. The summed E-state index contributed by atoms with van der Waals surface area (Å²) in [5.74, 6) is 0. The number of nitrogens with zero attached hydrogens (tertiary/aromatic N) is 1. The summed E-state index contributed by atoms with van der Waals surface area (Å²) in [6.07, 6.45) is 1.38. The Balaban J connectivity index is 2.54. The van der Waals surface area contributed by atoms with Crippen LogP contribution < -0.4 is 11.1 Å². The number of piperidine rings is 1. The van der Waals surface area contributed by atoms with Crippen molar-refractivity contribution in [3.8, 4) is 0 Å². The van der Waals surface area contributed by atoms with E-state index in [-0.39, 0.29) is 11.6 Å². The van der Waals surface area contributed by atoms with Crippen LogP contribution in [0.3, 0.4) is 0 Å². The molecule has 0 aliphatic carbocycles. The third-order valence-corrected chi connectivity index (χ3v) is 2.89. The van der Waals surface area contributed by atoms with Crippen molar-refractivity contribution in [2.75, 3.05) is 33.8 Å². The maximum atomic E-state index is 11.1. The number of alkyl carbamates (subject to hydrolysis) is 1. The second kappa shape index (κ2) is 4.61. The lowest BCUT2D eigenvalue weighted by atomic mass is 9.88. The van der Waals surface area contributed by atoms with Crippen molar-refractivity contribution >= 4 is 6.09 Å². The van der Waals surface area contributed by atoms with Gasteiger partial charge in [0.1, 0.15) is 0 Å². The van der Waals surface area contributed by atoms with Gasteiger partial charge in [0.25, 0.3) is 0 Å². The van der Waals surface area contributed by atoms with E-state index < -0.39 is 0 Å². The molecule has 0 spiro atoms. The average molecular weight is 201 g/mol. The molecule has 1 aliphatic rings. The molecule has 0 radical (unpaired) electrons. The third kappa shape index (κ3) is 2.59. The highest BCUT2D eigenvalue weighted by Gasteiger charge is 2.34. The molecule has 1 heterocycles. The Labute approximate surface area is 84.6 Å². The fraction of sp³-hybridized carbons (Fsp3) is 0.889. The highest BCUT2D eigenvalue weighted by Crippen LogP contribution is 2.20. The summed E-state index contributed by atoms with van der Waals surface area (Å²) < 4.78 is 4.59. The van der Waals surface area contributed by atoms with E-state index in [0.29, 0.717) is 6.54 Å². The predicted molar refractivity (Wildman–Crippen MR) is 54.1 cm³/mol. The molecule has 1 fully saturated rings. The van der Waals surface area contributed by atoms with Crippen LogP contribution in [0.15, 0.2) is 0 Å². The number of carbonyl (C=O) groups is 1. The summed E-state index contributed by atoms with van der Waals surface area (Å²) in [6.45, 7) is 2.39. The van der Waals surface area contributed by atoms with Crippen molar-refractivity contribution in [3.63, 3.8) is 0 Å². The number of likely N-dealkylation sites (tertiary alicyclic amines) is 1. The minimum Gasteiger partial charge on any atom is -0.453 e. The zero-order valence-electron chi connectivity index (χ0n) is 8.88. The number of methoxy groups -OCH3 is 1. The maximum absolute atomic E-state index is 11.1. The molecular weight excluding hydrogens is 182 g/mol. The Morgan fingerprint density at radius 3 is 2.57 bits per heavy atom. The van der Waals surface area contributed by atoms with E-state index in [1.165, 1.54) is 7.11 Å². The number of hydrogen-bond donors (Lipinski definition) is 2. The summed E-state index contributed by atoms with van der Waals surface area (Å²) in [4.78, 5) is 13.4. The van der Waals surface area contributed by atoms with Gasteiger partial charge >= 0.3 is 6.09 Å². The Hall–Kier alpha value is -0.810. The van der Waals surface area contributed by atoms with Gasteiger partial charge < -0.3 is 20.7 Å². The second-order valence-corrected chi connectivity index (χ2v) is 3.90. The van der Waals surface area contributed by atoms with Gasteiger partial charge in [-0.2, -0.15) is 0 Å². The van der Waals surface area contributed by atoms with E-state index in [1.807, 2.05) is 0 Å². The quantitative estimate of drug-likeness (QED) is 0.647. The zero-order valence-corrected chi connectivity index (χ0v) is 8.88. The van der Waals surface area contributed by atoms with Gasteiger partial charge in [0.2, 0.25) is 0 Å². The zero-order chi connectivity index (χ0) is 10.6. The topological polar surface area (TPSA) is 67.6 Å². The number of rotatable bonds is 2. The molecule has 0 unspecified atom stereocenters. The lowest BCUT2D eigenvalue weighted by molar-refractivity contribution is 0.127. The highest BCUT2D eigenvalue weighted by molar-refractivity contribution is 5.68. The van der Waals surface area contributed by atoms with Crippen molar-refractivity contribution < 1.29 is 9.53 Å². The summed E-state index contributed by atoms with van der Waals surface area (Å²) in [7, 11) is 3.44. The molecule has 0 aromatic carbocycles. The number of amides is 1. The summed E-state index contributed by atoms with van der Waals surface area (Å²) >= 11 is 0. The van der Waals surface area contributed by atoms with E-state index in [1.54, 1.807) is 0 Å². The number of carbonyl (C=O) groups excluding carboxylic acids is 1. The summed E-state index contributed by atoms with van der Waals surface area (Å²) in [5.41, 5.74) is 5.43. The Kier molecular flexibility index (Phi) is 3.71. The van der Waals surface area contributed by atoms with Crippen molar-refractivity contribution in [2.45, 2.75) is 18.4 Å². The van der Waals surface area contributed by atoms with Gasteiger partial charge in [-0.15, -0.1) is 0 Å². The van der Waals surface area contributed by atoms with E-state index in [4.69, 9.17) is 5.73 Å². The SMILES string of the molecule is COC(=O)NC1(CN)CCN(C)CC1. The van der Waals surface area contributed by atoms with E-state index in [9.17, 15) is 4.79 Å². The lowest BCUT2D eigenvalue weighted by Gasteiger charge is -2.39. The molecule has 1 aliphatic heterocycles. The molecule has 1 amide bonds. The first-order valence-electron chi connectivity index (χ1n) is 4.87. The van der Waals surface area contributed by atoms with Gasteiger partial charge in [-0.25, -0.2) is 4.79 Å². The maximum Gasteiger partial charge on any atom is 0.407 e. The van der Waals surface area contributed by atoms with Crippen LogP contribution in [0.4, 0.5) is 4.79 Å². The molecule has 14 heavy (non-hydrogen) atoms. The first-order valence-corrected chi connectivity index (χ1v) is 4.87. The van der Waals surface area contributed by atoms with Crippen LogP contribution in [0.1, 0.15) is 12.8 Å². The van der Waals surface area contributed by atoms with Crippen molar-refractivity contribution in [3.05, 3.63) is 0 Å². The van der Waals surface area contributed by atoms with Gasteiger partial charge in [0, 0.05) is 19.6 Å². The Morgan fingerprint density at radius 1 is 1.57 bits per heavy atom. The summed E-state index contributed by atoms with van der Waals surface area (Å²) in [6, 6.07) is 0. The molecule has 5 heteroatoms. The van der Waals surface area contributed by atoms with Crippen LogP contribution in [0.5, 0.6) is 0 Å². The number of nitrogens with one attached hydrogen (secondary N) is 1. The molecule has 0 aromatic rings. The Morgan fingerprint density at radius 2 is 2.14 bits per heavy atom. The molecule has 0 aromatic heterocycles. The number of nitrogens with two attached hydrogens (primary N) is 1. The molecule has 1 rings (SSSR count). The van der Waals surface area contributed by atoms with Crippen LogP contribution in [-0.4, -0.2) is 50.3 Å².